The number of halogens is 4. The number of aromatic nitrogens is 2. The summed E-state index contributed by atoms with van der Waals surface area (Å²) >= 11 is 5.72. The second-order valence-corrected chi connectivity index (χ2v) is 7.26. The molecule has 1 N–H and O–H groups in total. The fourth-order valence-electron chi connectivity index (χ4n) is 1.98. The first-order valence-electron chi connectivity index (χ1n) is 6.90. The van der Waals surface area contributed by atoms with Gasteiger partial charge in [-0.25, -0.2) is 18.1 Å². The van der Waals surface area contributed by atoms with Crippen LogP contribution in [0.1, 0.15) is 11.1 Å². The molecule has 1 aromatic carbocycles. The quantitative estimate of drug-likeness (QED) is 0.841. The van der Waals surface area contributed by atoms with Gasteiger partial charge in [-0.1, -0.05) is 11.6 Å². The van der Waals surface area contributed by atoms with E-state index in [1.54, 1.807) is 6.92 Å². The summed E-state index contributed by atoms with van der Waals surface area (Å²) in [4.78, 5) is 14.9. The topological polar surface area (TPSA) is 81.1 Å². The zero-order valence-corrected chi connectivity index (χ0v) is 14.4. The lowest BCUT2D eigenvalue weighted by molar-refractivity contribution is -0.137. The Labute approximate surface area is 146 Å². The van der Waals surface area contributed by atoms with E-state index < -0.39 is 26.7 Å². The Hall–Kier alpha value is -1.91. The third kappa shape index (κ3) is 4.59. The highest BCUT2D eigenvalue weighted by molar-refractivity contribution is 7.89. The summed E-state index contributed by atoms with van der Waals surface area (Å²) in [6, 6.07) is 2.03. The van der Waals surface area contributed by atoms with Gasteiger partial charge >= 0.3 is 6.18 Å². The number of alkyl halides is 3. The predicted molar refractivity (Wildman–Crippen MR) is 84.9 cm³/mol. The molecule has 1 aromatic heterocycles. The maximum atomic E-state index is 12.7. The van der Waals surface area contributed by atoms with Gasteiger partial charge in [-0.15, -0.1) is 0 Å². The Bertz CT molecular complexity index is 942. The molecule has 6 nitrogen and oxygen atoms in total. The molecular formula is C14H13ClF3N3O3S. The summed E-state index contributed by atoms with van der Waals surface area (Å²) in [5, 5.41) is -0.338. The van der Waals surface area contributed by atoms with Crippen LogP contribution in [0.2, 0.25) is 5.02 Å². The van der Waals surface area contributed by atoms with E-state index in [4.69, 9.17) is 11.6 Å². The van der Waals surface area contributed by atoms with Crippen LogP contribution in [0.5, 0.6) is 0 Å². The summed E-state index contributed by atoms with van der Waals surface area (Å²) in [6.07, 6.45) is -2.10. The SMILES string of the molecule is Cc1cncn(CCNS(=O)(=O)c2cc(C(F)(F)F)ccc2Cl)c1=O. The zero-order chi connectivity index (χ0) is 18.8. The highest BCUT2D eigenvalue weighted by Crippen LogP contribution is 2.33. The molecule has 0 unspecified atom stereocenters. The molecule has 25 heavy (non-hydrogen) atoms. The Balaban J connectivity index is 2.19. The van der Waals surface area contributed by atoms with E-state index in [-0.39, 0.29) is 23.7 Å². The molecule has 2 rings (SSSR count). The zero-order valence-electron chi connectivity index (χ0n) is 12.8. The standard InChI is InChI=1S/C14H13ClF3N3O3S/c1-9-7-19-8-21(13(9)22)5-4-20-25(23,24)12-6-10(14(16,17)18)2-3-11(12)15/h2-3,6-8,20H,4-5H2,1H3. The number of nitrogens with zero attached hydrogens (tertiary/aromatic N) is 2. The van der Waals surface area contributed by atoms with E-state index in [1.807, 2.05) is 0 Å². The van der Waals surface area contributed by atoms with Crippen LogP contribution in [-0.4, -0.2) is 24.5 Å². The second kappa shape index (κ2) is 7.14. The Morgan fingerprint density at radius 1 is 1.32 bits per heavy atom. The van der Waals surface area contributed by atoms with Crippen LogP contribution in [0, 0.1) is 6.92 Å². The van der Waals surface area contributed by atoms with E-state index in [1.165, 1.54) is 17.1 Å². The number of hydrogen-bond acceptors (Lipinski definition) is 4. The molecule has 0 spiro atoms. The first-order chi connectivity index (χ1) is 11.5. The average molecular weight is 396 g/mol. The van der Waals surface area contributed by atoms with Crippen LogP contribution < -0.4 is 10.3 Å². The molecule has 0 bridgehead atoms. The summed E-state index contributed by atoms with van der Waals surface area (Å²) in [5.74, 6) is 0. The molecule has 0 fully saturated rings. The summed E-state index contributed by atoms with van der Waals surface area (Å²) in [7, 11) is -4.28. The third-order valence-corrected chi connectivity index (χ3v) is 5.21. The van der Waals surface area contributed by atoms with Crippen LogP contribution in [0.25, 0.3) is 0 Å². The van der Waals surface area contributed by atoms with E-state index in [0.29, 0.717) is 17.7 Å². The van der Waals surface area contributed by atoms with E-state index >= 15 is 0 Å². The molecule has 2 aromatic rings. The van der Waals surface area contributed by atoms with Crippen molar-refractivity contribution in [1.82, 2.24) is 14.3 Å². The minimum Gasteiger partial charge on any atom is -0.298 e. The van der Waals surface area contributed by atoms with Gasteiger partial charge in [-0.3, -0.25) is 9.36 Å². The molecule has 0 radical (unpaired) electrons. The molecule has 0 atom stereocenters. The third-order valence-electron chi connectivity index (χ3n) is 3.27. The van der Waals surface area contributed by atoms with Crippen molar-refractivity contribution in [1.29, 1.82) is 0 Å². The number of hydrogen-bond donors (Lipinski definition) is 1. The second-order valence-electron chi connectivity index (χ2n) is 5.12. The van der Waals surface area contributed by atoms with Crippen LogP contribution in [0.4, 0.5) is 13.2 Å². The van der Waals surface area contributed by atoms with Gasteiger partial charge in [0.15, 0.2) is 0 Å². The molecule has 1 heterocycles. The number of benzene rings is 1. The number of nitrogens with one attached hydrogen (secondary N) is 1. The fraction of sp³-hybridized carbons (Fsp3) is 0.286. The molecule has 11 heteroatoms. The van der Waals surface area contributed by atoms with Crippen molar-refractivity contribution in [3.8, 4) is 0 Å². The lowest BCUT2D eigenvalue weighted by Gasteiger charge is -2.12. The number of rotatable bonds is 5. The largest absolute Gasteiger partial charge is 0.416 e. The van der Waals surface area contributed by atoms with E-state index in [2.05, 4.69) is 9.71 Å². The molecular weight excluding hydrogens is 383 g/mol. The minimum absolute atomic E-state index is 0.0384. The van der Waals surface area contributed by atoms with Crippen molar-refractivity contribution in [3.05, 3.63) is 57.2 Å². The van der Waals surface area contributed by atoms with Crippen molar-refractivity contribution in [2.45, 2.75) is 24.5 Å². The smallest absolute Gasteiger partial charge is 0.298 e. The molecule has 0 aliphatic carbocycles. The lowest BCUT2D eigenvalue weighted by Crippen LogP contribution is -2.31. The van der Waals surface area contributed by atoms with E-state index in [0.717, 1.165) is 6.07 Å². The molecule has 136 valence electrons. The average Bonchev–Trinajstić information content (AvgIpc) is 2.50. The maximum absolute atomic E-state index is 12.7. The summed E-state index contributed by atoms with van der Waals surface area (Å²) < 4.78 is 65.9. The van der Waals surface area contributed by atoms with Crippen molar-refractivity contribution in [2.24, 2.45) is 0 Å². The Morgan fingerprint density at radius 3 is 2.64 bits per heavy atom. The van der Waals surface area contributed by atoms with Gasteiger partial charge in [0, 0.05) is 24.8 Å². The highest BCUT2D eigenvalue weighted by Gasteiger charge is 2.32. The van der Waals surface area contributed by atoms with Crippen molar-refractivity contribution in [3.63, 3.8) is 0 Å². The van der Waals surface area contributed by atoms with Gasteiger partial charge in [0.25, 0.3) is 5.56 Å². The van der Waals surface area contributed by atoms with Gasteiger partial charge in [-0.05, 0) is 25.1 Å². The Morgan fingerprint density at radius 2 is 2.00 bits per heavy atom. The first kappa shape index (κ1) is 19.4. The molecule has 0 saturated carbocycles. The molecule has 0 aliphatic heterocycles. The van der Waals surface area contributed by atoms with Crippen LogP contribution in [0.3, 0.4) is 0 Å². The predicted octanol–water partition coefficient (Wildman–Crippen LogP) is 2.20. The summed E-state index contributed by atoms with van der Waals surface area (Å²) in [6.45, 7) is 1.29. The normalized spacial score (nSPS) is 12.4. The van der Waals surface area contributed by atoms with Gasteiger partial charge in [0.05, 0.1) is 16.9 Å². The van der Waals surface area contributed by atoms with Gasteiger partial charge < -0.3 is 0 Å². The maximum Gasteiger partial charge on any atom is 0.416 e. The lowest BCUT2D eigenvalue weighted by atomic mass is 10.2. The Kier molecular flexibility index (Phi) is 5.55. The van der Waals surface area contributed by atoms with Gasteiger partial charge in [-0.2, -0.15) is 13.2 Å². The molecule has 0 saturated heterocycles. The van der Waals surface area contributed by atoms with Crippen LogP contribution in [-0.2, 0) is 22.7 Å². The van der Waals surface area contributed by atoms with Crippen molar-refractivity contribution in [2.75, 3.05) is 6.54 Å². The van der Waals surface area contributed by atoms with Crippen molar-refractivity contribution < 1.29 is 21.6 Å². The minimum atomic E-state index is -4.70. The van der Waals surface area contributed by atoms with Crippen LogP contribution >= 0.6 is 11.6 Å². The number of aryl methyl sites for hydroxylation is 1. The fourth-order valence-corrected chi connectivity index (χ4v) is 3.53. The van der Waals surface area contributed by atoms with E-state index in [9.17, 15) is 26.4 Å². The van der Waals surface area contributed by atoms with Crippen molar-refractivity contribution >= 4 is 21.6 Å². The first-order valence-corrected chi connectivity index (χ1v) is 8.76. The molecule has 0 amide bonds. The number of sulfonamides is 1. The highest BCUT2D eigenvalue weighted by atomic mass is 35.5. The summed E-state index contributed by atoms with van der Waals surface area (Å²) in [5.41, 5.74) is -1.09. The van der Waals surface area contributed by atoms with Crippen LogP contribution in [0.15, 0.2) is 40.4 Å². The van der Waals surface area contributed by atoms with Gasteiger partial charge in [0.1, 0.15) is 4.90 Å². The van der Waals surface area contributed by atoms with Gasteiger partial charge in [0.2, 0.25) is 10.0 Å². The monoisotopic (exact) mass is 395 g/mol. The molecule has 0 aliphatic rings.